The Labute approximate surface area is 137 Å². The van der Waals surface area contributed by atoms with Crippen LogP contribution in [0.2, 0.25) is 5.02 Å². The molecule has 1 aliphatic heterocycles. The molecule has 1 aromatic heterocycles. The van der Waals surface area contributed by atoms with Gasteiger partial charge in [0.15, 0.2) is 0 Å². The molecule has 0 bridgehead atoms. The minimum absolute atomic E-state index is 0.166. The largest absolute Gasteiger partial charge is 0.369 e. The highest BCUT2D eigenvalue weighted by atomic mass is 35.5. The molecule has 1 aliphatic rings. The average molecular weight is 335 g/mol. The third-order valence-electron chi connectivity index (χ3n) is 3.97. The topological polar surface area (TPSA) is 107 Å². The fourth-order valence-electron chi connectivity index (χ4n) is 2.69. The van der Waals surface area contributed by atoms with Crippen LogP contribution < -0.4 is 5.73 Å². The number of carbonyl (C=O) groups excluding carboxylic acids is 2. The number of amides is 2. The van der Waals surface area contributed by atoms with Gasteiger partial charge in [-0.25, -0.2) is 0 Å². The van der Waals surface area contributed by atoms with Crippen molar-refractivity contribution in [2.75, 3.05) is 13.1 Å². The van der Waals surface area contributed by atoms with E-state index in [0.29, 0.717) is 42.2 Å². The van der Waals surface area contributed by atoms with Crippen molar-refractivity contribution < 1.29 is 9.59 Å². The third kappa shape index (κ3) is 3.16. The van der Waals surface area contributed by atoms with E-state index in [1.807, 2.05) is 0 Å². The fraction of sp³-hybridized carbons (Fsp3) is 0.357. The number of likely N-dealkylation sites (tertiary alicyclic amines) is 1. The van der Waals surface area contributed by atoms with Gasteiger partial charge < -0.3 is 10.6 Å². The number of primary amides is 1. The van der Waals surface area contributed by atoms with Gasteiger partial charge in [-0.2, -0.15) is 4.68 Å². The van der Waals surface area contributed by atoms with Gasteiger partial charge >= 0.3 is 0 Å². The average Bonchev–Trinajstić information content (AvgIpc) is 3.08. The standard InChI is InChI=1S/C14H15ClN6O2/c15-10-1-2-12(21-8-17-18-19-21)11(7-10)14(23)20-5-3-9(4-6-20)13(16)22/h1-2,7-9H,3-6H2,(H2,16,22). The van der Waals surface area contributed by atoms with Gasteiger partial charge in [-0.3, -0.25) is 9.59 Å². The van der Waals surface area contributed by atoms with Crippen molar-refractivity contribution in [1.82, 2.24) is 25.1 Å². The number of rotatable bonds is 3. The summed E-state index contributed by atoms with van der Waals surface area (Å²) in [6, 6.07) is 4.97. The summed E-state index contributed by atoms with van der Waals surface area (Å²) in [5.41, 5.74) is 6.30. The lowest BCUT2D eigenvalue weighted by Gasteiger charge is -2.31. The highest BCUT2D eigenvalue weighted by Crippen LogP contribution is 2.24. The van der Waals surface area contributed by atoms with Crippen molar-refractivity contribution in [1.29, 1.82) is 0 Å². The second-order valence-electron chi connectivity index (χ2n) is 5.38. The van der Waals surface area contributed by atoms with Crippen LogP contribution in [0.25, 0.3) is 5.69 Å². The lowest BCUT2D eigenvalue weighted by molar-refractivity contribution is -0.123. The van der Waals surface area contributed by atoms with Gasteiger partial charge in [-0.05, 0) is 41.5 Å². The van der Waals surface area contributed by atoms with Crippen molar-refractivity contribution >= 4 is 23.4 Å². The van der Waals surface area contributed by atoms with E-state index in [1.54, 1.807) is 23.1 Å². The fourth-order valence-corrected chi connectivity index (χ4v) is 2.86. The number of carbonyl (C=O) groups is 2. The molecular weight excluding hydrogens is 320 g/mol. The number of nitrogens with zero attached hydrogens (tertiary/aromatic N) is 5. The molecule has 23 heavy (non-hydrogen) atoms. The first kappa shape index (κ1) is 15.4. The molecule has 120 valence electrons. The van der Waals surface area contributed by atoms with Gasteiger partial charge in [0.25, 0.3) is 5.91 Å². The maximum Gasteiger partial charge on any atom is 0.256 e. The highest BCUT2D eigenvalue weighted by molar-refractivity contribution is 6.31. The van der Waals surface area contributed by atoms with E-state index in [2.05, 4.69) is 15.5 Å². The van der Waals surface area contributed by atoms with Crippen LogP contribution in [0.4, 0.5) is 0 Å². The molecule has 0 saturated carbocycles. The number of halogens is 1. The predicted octanol–water partition coefficient (Wildman–Crippen LogP) is 0.653. The SMILES string of the molecule is NC(=O)C1CCN(C(=O)c2cc(Cl)ccc2-n2cnnn2)CC1. The van der Waals surface area contributed by atoms with Crippen molar-refractivity contribution in [3.8, 4) is 5.69 Å². The van der Waals surface area contributed by atoms with Crippen LogP contribution in [0.1, 0.15) is 23.2 Å². The Balaban J connectivity index is 1.85. The molecule has 3 rings (SSSR count). The lowest BCUT2D eigenvalue weighted by Crippen LogP contribution is -2.42. The molecule has 0 spiro atoms. The maximum absolute atomic E-state index is 12.8. The summed E-state index contributed by atoms with van der Waals surface area (Å²) in [5, 5.41) is 11.4. The van der Waals surface area contributed by atoms with E-state index in [0.717, 1.165) is 0 Å². The van der Waals surface area contributed by atoms with Crippen LogP contribution in [0, 0.1) is 5.92 Å². The van der Waals surface area contributed by atoms with Crippen molar-refractivity contribution in [2.24, 2.45) is 11.7 Å². The van der Waals surface area contributed by atoms with E-state index in [9.17, 15) is 9.59 Å². The molecule has 1 fully saturated rings. The van der Waals surface area contributed by atoms with Crippen molar-refractivity contribution in [3.63, 3.8) is 0 Å². The molecule has 8 nitrogen and oxygen atoms in total. The number of hydrogen-bond donors (Lipinski definition) is 1. The number of nitrogens with two attached hydrogens (primary N) is 1. The first-order valence-electron chi connectivity index (χ1n) is 7.18. The summed E-state index contributed by atoms with van der Waals surface area (Å²) in [6.07, 6.45) is 2.56. The van der Waals surface area contributed by atoms with E-state index in [-0.39, 0.29) is 17.7 Å². The molecule has 2 amide bonds. The monoisotopic (exact) mass is 334 g/mol. The summed E-state index contributed by atoms with van der Waals surface area (Å²) < 4.78 is 1.42. The zero-order chi connectivity index (χ0) is 16.4. The molecule has 0 atom stereocenters. The van der Waals surface area contributed by atoms with Crippen LogP contribution in [0.3, 0.4) is 0 Å². The molecule has 0 unspecified atom stereocenters. The predicted molar refractivity (Wildman–Crippen MR) is 82.0 cm³/mol. The Morgan fingerprint density at radius 1 is 1.26 bits per heavy atom. The number of benzene rings is 1. The Morgan fingerprint density at radius 3 is 2.61 bits per heavy atom. The van der Waals surface area contributed by atoms with E-state index in [4.69, 9.17) is 17.3 Å². The smallest absolute Gasteiger partial charge is 0.256 e. The van der Waals surface area contributed by atoms with Crippen LogP contribution >= 0.6 is 11.6 Å². The highest BCUT2D eigenvalue weighted by Gasteiger charge is 2.28. The molecule has 1 aromatic carbocycles. The summed E-state index contributed by atoms with van der Waals surface area (Å²) in [5.74, 6) is -0.646. The van der Waals surface area contributed by atoms with E-state index >= 15 is 0 Å². The minimum Gasteiger partial charge on any atom is -0.369 e. The quantitative estimate of drug-likeness (QED) is 0.887. The van der Waals surface area contributed by atoms with Gasteiger partial charge in [0, 0.05) is 24.0 Å². The van der Waals surface area contributed by atoms with Gasteiger partial charge in [0.2, 0.25) is 5.91 Å². The Morgan fingerprint density at radius 2 is 2.00 bits per heavy atom. The number of hydrogen-bond acceptors (Lipinski definition) is 5. The number of tetrazole rings is 1. The van der Waals surface area contributed by atoms with E-state index < -0.39 is 0 Å². The Hall–Kier alpha value is -2.48. The first-order chi connectivity index (χ1) is 11.1. The molecule has 2 N–H and O–H groups in total. The molecule has 2 heterocycles. The third-order valence-corrected chi connectivity index (χ3v) is 4.20. The molecule has 2 aromatic rings. The second kappa shape index (κ2) is 6.33. The second-order valence-corrected chi connectivity index (χ2v) is 5.82. The first-order valence-corrected chi connectivity index (χ1v) is 7.55. The molecule has 0 radical (unpaired) electrons. The maximum atomic E-state index is 12.8. The normalized spacial score (nSPS) is 15.6. The van der Waals surface area contributed by atoms with Gasteiger partial charge in [0.1, 0.15) is 6.33 Å². The lowest BCUT2D eigenvalue weighted by atomic mass is 9.95. The van der Waals surface area contributed by atoms with Crippen molar-refractivity contribution in [2.45, 2.75) is 12.8 Å². The number of aromatic nitrogens is 4. The van der Waals surface area contributed by atoms with E-state index in [1.165, 1.54) is 11.0 Å². The molecular formula is C14H15ClN6O2. The summed E-state index contributed by atoms with van der Waals surface area (Å²) in [7, 11) is 0. The van der Waals surface area contributed by atoms with Crippen LogP contribution in [0.15, 0.2) is 24.5 Å². The van der Waals surface area contributed by atoms with Gasteiger partial charge in [-0.15, -0.1) is 5.10 Å². The van der Waals surface area contributed by atoms with Gasteiger partial charge in [-0.1, -0.05) is 11.6 Å². The Kier molecular flexibility index (Phi) is 4.24. The van der Waals surface area contributed by atoms with Gasteiger partial charge in [0.05, 0.1) is 11.3 Å². The van der Waals surface area contributed by atoms with Crippen LogP contribution in [0.5, 0.6) is 0 Å². The van der Waals surface area contributed by atoms with Crippen LogP contribution in [-0.2, 0) is 4.79 Å². The summed E-state index contributed by atoms with van der Waals surface area (Å²) in [6.45, 7) is 0.960. The molecule has 0 aliphatic carbocycles. The van der Waals surface area contributed by atoms with Crippen LogP contribution in [-0.4, -0.2) is 50.0 Å². The zero-order valence-corrected chi connectivity index (χ0v) is 13.0. The summed E-state index contributed by atoms with van der Waals surface area (Å²) in [4.78, 5) is 25.7. The zero-order valence-electron chi connectivity index (χ0n) is 12.2. The Bertz CT molecular complexity index is 725. The summed E-state index contributed by atoms with van der Waals surface area (Å²) >= 11 is 6.03. The molecule has 9 heteroatoms. The number of piperidine rings is 1. The molecule has 1 saturated heterocycles. The minimum atomic E-state index is -0.311. The van der Waals surface area contributed by atoms with Crippen molar-refractivity contribution in [3.05, 3.63) is 35.1 Å².